The summed E-state index contributed by atoms with van der Waals surface area (Å²) in [6, 6.07) is -0.777. The summed E-state index contributed by atoms with van der Waals surface area (Å²) in [6.45, 7) is 2.26. The van der Waals surface area contributed by atoms with Crippen molar-refractivity contribution in [2.45, 2.75) is 122 Å². The van der Waals surface area contributed by atoms with Crippen molar-refractivity contribution < 1.29 is 19.1 Å². The third-order valence-electron chi connectivity index (χ3n) is 5.21. The summed E-state index contributed by atoms with van der Waals surface area (Å²) in [6.07, 6.45) is 19.7. The first-order chi connectivity index (χ1) is 13.1. The quantitative estimate of drug-likeness (QED) is 0.213. The molecule has 5 heteroatoms. The number of amides is 1. The summed E-state index contributed by atoms with van der Waals surface area (Å²) in [4.78, 5) is 34.0. The van der Waals surface area contributed by atoms with Crippen molar-refractivity contribution >= 4 is 17.8 Å². The van der Waals surface area contributed by atoms with Crippen LogP contribution in [0.1, 0.15) is 116 Å². The van der Waals surface area contributed by atoms with E-state index in [1.807, 2.05) is 0 Å². The van der Waals surface area contributed by atoms with E-state index in [-0.39, 0.29) is 12.3 Å². The molecule has 0 aliphatic carbocycles. The number of hydrogen-bond donors (Lipinski definition) is 1. The van der Waals surface area contributed by atoms with E-state index in [2.05, 4.69) is 17.0 Å². The Morgan fingerprint density at radius 3 is 1.67 bits per heavy atom. The molecule has 1 rings (SSSR count). The van der Waals surface area contributed by atoms with Crippen LogP contribution in [0.15, 0.2) is 0 Å². The van der Waals surface area contributed by atoms with E-state index < -0.39 is 18.0 Å². The summed E-state index contributed by atoms with van der Waals surface area (Å²) in [5.41, 5.74) is 0. The third kappa shape index (κ3) is 12.6. The van der Waals surface area contributed by atoms with Gasteiger partial charge in [-0.2, -0.15) is 0 Å². The average molecular weight is 382 g/mol. The van der Waals surface area contributed by atoms with Crippen LogP contribution in [-0.4, -0.2) is 23.9 Å². The van der Waals surface area contributed by atoms with Gasteiger partial charge in [0.05, 0.1) is 6.42 Å². The lowest BCUT2D eigenvalue weighted by atomic mass is 10.0. The lowest BCUT2D eigenvalue weighted by molar-refractivity contribution is -0.153. The van der Waals surface area contributed by atoms with Crippen LogP contribution >= 0.6 is 0 Å². The topological polar surface area (TPSA) is 72.5 Å². The van der Waals surface area contributed by atoms with Crippen LogP contribution in [0.4, 0.5) is 0 Å². The number of carbonyl (C=O) groups is 3. The van der Waals surface area contributed by atoms with Gasteiger partial charge in [-0.05, 0) is 6.42 Å². The minimum Gasteiger partial charge on any atom is -0.392 e. The first kappa shape index (κ1) is 23.6. The predicted octanol–water partition coefficient (Wildman–Crippen LogP) is 5.21. The molecule has 1 fully saturated rings. The van der Waals surface area contributed by atoms with Crippen LogP contribution in [0.5, 0.6) is 0 Å². The highest BCUT2D eigenvalue weighted by Gasteiger charge is 2.34. The maximum atomic E-state index is 11.8. The molecule has 156 valence electrons. The van der Waals surface area contributed by atoms with E-state index >= 15 is 0 Å². The minimum absolute atomic E-state index is 0.0383. The van der Waals surface area contributed by atoms with Crippen molar-refractivity contribution in [2.24, 2.45) is 0 Å². The van der Waals surface area contributed by atoms with E-state index in [4.69, 9.17) is 0 Å². The molecule has 1 saturated heterocycles. The van der Waals surface area contributed by atoms with Gasteiger partial charge in [-0.15, -0.1) is 0 Å². The second kappa shape index (κ2) is 15.6. The first-order valence-electron chi connectivity index (χ1n) is 11.2. The van der Waals surface area contributed by atoms with Gasteiger partial charge in [0.1, 0.15) is 6.04 Å². The molecular formula is C22H39NO4. The van der Waals surface area contributed by atoms with Crippen molar-refractivity contribution in [1.82, 2.24) is 5.32 Å². The maximum Gasteiger partial charge on any atom is 0.336 e. The van der Waals surface area contributed by atoms with Crippen LogP contribution in [0, 0.1) is 0 Å². The van der Waals surface area contributed by atoms with Gasteiger partial charge >= 0.3 is 11.9 Å². The Labute approximate surface area is 165 Å². The number of ether oxygens (including phenoxy) is 1. The molecule has 0 bridgehead atoms. The monoisotopic (exact) mass is 381 g/mol. The Kier molecular flexibility index (Phi) is 13.7. The molecule has 0 aromatic carbocycles. The summed E-state index contributed by atoms with van der Waals surface area (Å²) in [5.74, 6) is -1.36. The SMILES string of the molecule is CCCCCCCCCCCCCCCCCC(=O)NC1CC(=O)OC1=O. The summed E-state index contributed by atoms with van der Waals surface area (Å²) >= 11 is 0. The Balaban J connectivity index is 1.79. The summed E-state index contributed by atoms with van der Waals surface area (Å²) in [5, 5.41) is 2.57. The standard InChI is InChI=1S/C22H39NO4/c1-2-3-4-5-6-7-8-9-10-11-12-13-14-15-16-17-20(24)23-19-18-21(25)27-22(19)26/h19H,2-18H2,1H3,(H,23,24). The van der Waals surface area contributed by atoms with E-state index in [0.717, 1.165) is 19.3 Å². The molecular weight excluding hydrogens is 342 g/mol. The predicted molar refractivity (Wildman–Crippen MR) is 107 cm³/mol. The second-order valence-electron chi connectivity index (χ2n) is 7.82. The summed E-state index contributed by atoms with van der Waals surface area (Å²) < 4.78 is 4.41. The molecule has 1 N–H and O–H groups in total. The Morgan fingerprint density at radius 1 is 0.815 bits per heavy atom. The van der Waals surface area contributed by atoms with Crippen LogP contribution in [0.3, 0.4) is 0 Å². The number of unbranched alkanes of at least 4 members (excludes halogenated alkanes) is 14. The molecule has 1 atom stereocenters. The van der Waals surface area contributed by atoms with Gasteiger partial charge in [0, 0.05) is 6.42 Å². The number of hydrogen-bond acceptors (Lipinski definition) is 4. The van der Waals surface area contributed by atoms with Gasteiger partial charge in [0.15, 0.2) is 0 Å². The molecule has 27 heavy (non-hydrogen) atoms. The van der Waals surface area contributed by atoms with Gasteiger partial charge in [-0.3, -0.25) is 9.59 Å². The number of esters is 2. The smallest absolute Gasteiger partial charge is 0.336 e. The number of carbonyl (C=O) groups excluding carboxylic acids is 3. The molecule has 0 aromatic heterocycles. The Hall–Kier alpha value is -1.39. The van der Waals surface area contributed by atoms with E-state index in [9.17, 15) is 14.4 Å². The van der Waals surface area contributed by atoms with E-state index in [1.165, 1.54) is 77.0 Å². The molecule has 0 radical (unpaired) electrons. The fraction of sp³-hybridized carbons (Fsp3) is 0.864. The molecule has 1 amide bonds. The highest BCUT2D eigenvalue weighted by atomic mass is 16.6. The van der Waals surface area contributed by atoms with Crippen molar-refractivity contribution in [1.29, 1.82) is 0 Å². The van der Waals surface area contributed by atoms with Gasteiger partial charge in [0.2, 0.25) is 5.91 Å². The highest BCUT2D eigenvalue weighted by molar-refractivity contribution is 5.98. The van der Waals surface area contributed by atoms with Gasteiger partial charge in [-0.25, -0.2) is 4.79 Å². The molecule has 1 heterocycles. The lowest BCUT2D eigenvalue weighted by Gasteiger charge is -2.07. The van der Waals surface area contributed by atoms with Crippen LogP contribution in [-0.2, 0) is 19.1 Å². The van der Waals surface area contributed by atoms with Crippen LogP contribution in [0.25, 0.3) is 0 Å². The molecule has 0 aromatic rings. The zero-order valence-electron chi connectivity index (χ0n) is 17.2. The molecule has 5 nitrogen and oxygen atoms in total. The van der Waals surface area contributed by atoms with Crippen molar-refractivity contribution in [2.75, 3.05) is 0 Å². The molecule has 1 aliphatic heterocycles. The number of nitrogens with one attached hydrogen (secondary N) is 1. The molecule has 0 spiro atoms. The van der Waals surface area contributed by atoms with Crippen LogP contribution < -0.4 is 5.32 Å². The normalized spacial score (nSPS) is 16.6. The van der Waals surface area contributed by atoms with Gasteiger partial charge in [0.25, 0.3) is 0 Å². The van der Waals surface area contributed by atoms with Gasteiger partial charge in [-0.1, -0.05) is 96.8 Å². The van der Waals surface area contributed by atoms with Crippen molar-refractivity contribution in [3.63, 3.8) is 0 Å². The first-order valence-corrected chi connectivity index (χ1v) is 11.2. The second-order valence-corrected chi connectivity index (χ2v) is 7.82. The zero-order valence-corrected chi connectivity index (χ0v) is 17.2. The lowest BCUT2D eigenvalue weighted by Crippen LogP contribution is -2.37. The zero-order chi connectivity index (χ0) is 19.7. The number of rotatable bonds is 17. The average Bonchev–Trinajstić information content (AvgIpc) is 2.95. The maximum absolute atomic E-state index is 11.8. The summed E-state index contributed by atoms with van der Waals surface area (Å²) in [7, 11) is 0. The van der Waals surface area contributed by atoms with Gasteiger partial charge < -0.3 is 10.1 Å². The minimum atomic E-state index is -0.777. The highest BCUT2D eigenvalue weighted by Crippen LogP contribution is 2.14. The van der Waals surface area contributed by atoms with Crippen molar-refractivity contribution in [3.8, 4) is 0 Å². The molecule has 0 saturated carbocycles. The number of cyclic esters (lactones) is 2. The van der Waals surface area contributed by atoms with E-state index in [0.29, 0.717) is 6.42 Å². The van der Waals surface area contributed by atoms with Crippen LogP contribution in [0.2, 0.25) is 0 Å². The molecule has 1 unspecified atom stereocenters. The fourth-order valence-electron chi connectivity index (χ4n) is 3.51. The Morgan fingerprint density at radius 2 is 1.26 bits per heavy atom. The van der Waals surface area contributed by atoms with E-state index in [1.54, 1.807) is 0 Å². The third-order valence-corrected chi connectivity index (χ3v) is 5.21. The van der Waals surface area contributed by atoms with Crippen molar-refractivity contribution in [3.05, 3.63) is 0 Å². The fourth-order valence-corrected chi connectivity index (χ4v) is 3.51. The molecule has 1 aliphatic rings. The Bertz CT molecular complexity index is 436. The largest absolute Gasteiger partial charge is 0.392 e.